The van der Waals surface area contributed by atoms with Gasteiger partial charge in [0.25, 0.3) is 5.56 Å². The van der Waals surface area contributed by atoms with Gasteiger partial charge in [-0.2, -0.15) is 4.31 Å². The van der Waals surface area contributed by atoms with Gasteiger partial charge in [-0.25, -0.2) is 13.2 Å². The number of esters is 1. The van der Waals surface area contributed by atoms with Crippen molar-refractivity contribution in [2.24, 2.45) is 0 Å². The molecular weight excluding hydrogens is 444 g/mol. The number of fused-ring (bicyclic) bond motifs is 1. The average Bonchev–Trinajstić information content (AvgIpc) is 2.80. The number of carbonyl (C=O) groups is 1. The van der Waals surface area contributed by atoms with Crippen LogP contribution < -0.4 is 5.56 Å². The smallest absolute Gasteiger partial charge is 0.338 e. The van der Waals surface area contributed by atoms with Crippen molar-refractivity contribution >= 4 is 26.9 Å². The van der Waals surface area contributed by atoms with Gasteiger partial charge in [-0.3, -0.25) is 4.79 Å². The molecule has 0 atom stereocenters. The summed E-state index contributed by atoms with van der Waals surface area (Å²) in [7, 11) is -4.07. The standard InChI is InChI=1S/C24H28N2O6S/c1-4-32-24(29)19-7-5-8-21(14-19)33(30,31)26(11-6-12-27)15-20-13-18-10-9-16(2)17(3)22(18)25-23(20)28/h5,7-10,13-14,27H,4,6,11-12,15H2,1-3H3,(H,25,28). The van der Waals surface area contributed by atoms with Crippen LogP contribution in [0.2, 0.25) is 0 Å². The van der Waals surface area contributed by atoms with E-state index in [1.165, 1.54) is 24.3 Å². The molecular formula is C24H28N2O6S. The molecule has 0 spiro atoms. The van der Waals surface area contributed by atoms with Crippen LogP contribution >= 0.6 is 0 Å². The van der Waals surface area contributed by atoms with Gasteiger partial charge in [0, 0.05) is 25.3 Å². The van der Waals surface area contributed by atoms with Crippen molar-refractivity contribution in [1.82, 2.24) is 9.29 Å². The summed E-state index contributed by atoms with van der Waals surface area (Å²) in [5.41, 5.74) is 2.75. The van der Waals surface area contributed by atoms with Gasteiger partial charge in [-0.1, -0.05) is 18.2 Å². The Balaban J connectivity index is 2.02. The second-order valence-corrected chi connectivity index (χ2v) is 9.70. The lowest BCUT2D eigenvalue weighted by atomic mass is 10.0. The zero-order chi connectivity index (χ0) is 24.2. The van der Waals surface area contributed by atoms with E-state index in [4.69, 9.17) is 4.74 Å². The van der Waals surface area contributed by atoms with E-state index in [2.05, 4.69) is 4.98 Å². The number of aliphatic hydroxyl groups is 1. The highest BCUT2D eigenvalue weighted by Crippen LogP contribution is 2.22. The largest absolute Gasteiger partial charge is 0.462 e. The number of hydrogen-bond acceptors (Lipinski definition) is 6. The molecule has 2 N–H and O–H groups in total. The van der Waals surface area contributed by atoms with Crippen LogP contribution in [0, 0.1) is 13.8 Å². The van der Waals surface area contributed by atoms with E-state index in [1.54, 1.807) is 13.0 Å². The Labute approximate surface area is 192 Å². The van der Waals surface area contributed by atoms with Gasteiger partial charge in [0.1, 0.15) is 0 Å². The predicted octanol–water partition coefficient (Wildman–Crippen LogP) is 2.89. The summed E-state index contributed by atoms with van der Waals surface area (Å²) in [6, 6.07) is 11.1. The van der Waals surface area contributed by atoms with Crippen molar-refractivity contribution in [3.05, 3.63) is 75.1 Å². The minimum Gasteiger partial charge on any atom is -0.462 e. The van der Waals surface area contributed by atoms with Gasteiger partial charge in [0.15, 0.2) is 0 Å². The van der Waals surface area contributed by atoms with Crippen LogP contribution in [0.5, 0.6) is 0 Å². The third-order valence-electron chi connectivity index (χ3n) is 5.52. The minimum atomic E-state index is -4.07. The lowest BCUT2D eigenvalue weighted by Crippen LogP contribution is -2.34. The van der Waals surface area contributed by atoms with E-state index in [9.17, 15) is 23.1 Å². The fourth-order valence-electron chi connectivity index (χ4n) is 3.56. The molecule has 9 heteroatoms. The number of benzene rings is 2. The van der Waals surface area contributed by atoms with Crippen molar-refractivity contribution in [1.29, 1.82) is 0 Å². The summed E-state index contributed by atoms with van der Waals surface area (Å²) in [5, 5.41) is 10.1. The highest BCUT2D eigenvalue weighted by molar-refractivity contribution is 7.89. The quantitative estimate of drug-likeness (QED) is 0.463. The van der Waals surface area contributed by atoms with Crippen molar-refractivity contribution in [3.63, 3.8) is 0 Å². The van der Waals surface area contributed by atoms with Crippen LogP contribution in [0.4, 0.5) is 0 Å². The molecule has 0 radical (unpaired) electrons. The first-order valence-corrected chi connectivity index (χ1v) is 12.1. The fraction of sp³-hybridized carbons (Fsp3) is 0.333. The van der Waals surface area contributed by atoms with Crippen molar-refractivity contribution in [2.45, 2.75) is 38.6 Å². The van der Waals surface area contributed by atoms with Crippen molar-refractivity contribution in [3.8, 4) is 0 Å². The first-order valence-electron chi connectivity index (χ1n) is 10.7. The number of nitrogens with zero attached hydrogens (tertiary/aromatic N) is 1. The highest BCUT2D eigenvalue weighted by atomic mass is 32.2. The number of aryl methyl sites for hydroxylation is 2. The Hall–Kier alpha value is -3.01. The summed E-state index contributed by atoms with van der Waals surface area (Å²) in [6.07, 6.45) is 0.195. The van der Waals surface area contributed by atoms with E-state index in [0.29, 0.717) is 0 Å². The first kappa shape index (κ1) is 24.6. The summed E-state index contributed by atoms with van der Waals surface area (Å²) >= 11 is 0. The molecule has 0 amide bonds. The SMILES string of the molecule is CCOC(=O)c1cccc(S(=O)(=O)N(CCCO)Cc2cc3ccc(C)c(C)c3[nH]c2=O)c1. The number of hydrogen-bond donors (Lipinski definition) is 2. The number of ether oxygens (including phenoxy) is 1. The second kappa shape index (κ2) is 10.3. The van der Waals surface area contributed by atoms with E-state index in [1.807, 2.05) is 26.0 Å². The number of sulfonamides is 1. The van der Waals surface area contributed by atoms with Crippen LogP contribution in [-0.2, 0) is 21.3 Å². The molecule has 0 aliphatic carbocycles. The number of rotatable bonds is 9. The van der Waals surface area contributed by atoms with E-state index in [0.717, 1.165) is 26.3 Å². The molecule has 8 nitrogen and oxygen atoms in total. The summed E-state index contributed by atoms with van der Waals surface area (Å²) in [6.45, 7) is 5.33. The average molecular weight is 473 g/mol. The van der Waals surface area contributed by atoms with E-state index in [-0.39, 0.29) is 54.3 Å². The Bertz CT molecular complexity index is 1330. The maximum absolute atomic E-state index is 13.4. The number of aromatic amines is 1. The van der Waals surface area contributed by atoms with Gasteiger partial charge in [-0.15, -0.1) is 0 Å². The lowest BCUT2D eigenvalue weighted by molar-refractivity contribution is 0.0526. The van der Waals surface area contributed by atoms with Crippen molar-refractivity contribution < 1.29 is 23.1 Å². The Morgan fingerprint density at radius 1 is 1.15 bits per heavy atom. The second-order valence-electron chi connectivity index (χ2n) is 7.76. The summed E-state index contributed by atoms with van der Waals surface area (Å²) < 4.78 is 33.0. The lowest BCUT2D eigenvalue weighted by Gasteiger charge is -2.22. The maximum Gasteiger partial charge on any atom is 0.338 e. The summed E-state index contributed by atoms with van der Waals surface area (Å²) in [5.74, 6) is -0.618. The molecule has 0 saturated carbocycles. The van der Waals surface area contributed by atoms with E-state index < -0.39 is 16.0 Å². The van der Waals surface area contributed by atoms with Gasteiger partial charge in [0.05, 0.1) is 22.6 Å². The van der Waals surface area contributed by atoms with Gasteiger partial charge in [-0.05, 0) is 68.0 Å². The molecule has 2 aromatic carbocycles. The topological polar surface area (TPSA) is 117 Å². The number of nitrogens with one attached hydrogen (secondary N) is 1. The molecule has 0 bridgehead atoms. The fourth-order valence-corrected chi connectivity index (χ4v) is 5.06. The molecule has 0 aliphatic heterocycles. The Morgan fingerprint density at radius 2 is 1.91 bits per heavy atom. The van der Waals surface area contributed by atoms with Gasteiger partial charge >= 0.3 is 5.97 Å². The molecule has 3 aromatic rings. The molecule has 0 unspecified atom stereocenters. The zero-order valence-corrected chi connectivity index (χ0v) is 19.7. The van der Waals surface area contributed by atoms with Crippen LogP contribution in [0.25, 0.3) is 10.9 Å². The third kappa shape index (κ3) is 5.32. The van der Waals surface area contributed by atoms with Crippen LogP contribution in [0.1, 0.15) is 40.4 Å². The van der Waals surface area contributed by atoms with Gasteiger partial charge in [0.2, 0.25) is 10.0 Å². The molecule has 0 aliphatic rings. The molecule has 176 valence electrons. The third-order valence-corrected chi connectivity index (χ3v) is 7.36. The first-order chi connectivity index (χ1) is 15.7. The molecule has 33 heavy (non-hydrogen) atoms. The number of H-pyrrole nitrogens is 1. The molecule has 3 rings (SSSR count). The normalized spacial score (nSPS) is 11.8. The van der Waals surface area contributed by atoms with Gasteiger partial charge < -0.3 is 14.8 Å². The Morgan fingerprint density at radius 3 is 2.61 bits per heavy atom. The number of pyridine rings is 1. The van der Waals surface area contributed by atoms with Crippen LogP contribution in [0.15, 0.2) is 52.2 Å². The molecule has 1 aromatic heterocycles. The van der Waals surface area contributed by atoms with Crippen LogP contribution in [-0.4, -0.2) is 48.5 Å². The minimum absolute atomic E-state index is 0.00682. The number of carbonyl (C=O) groups excluding carboxylic acids is 1. The van der Waals surface area contributed by atoms with Crippen molar-refractivity contribution in [2.75, 3.05) is 19.8 Å². The monoisotopic (exact) mass is 472 g/mol. The number of aromatic nitrogens is 1. The molecule has 0 saturated heterocycles. The zero-order valence-electron chi connectivity index (χ0n) is 18.9. The number of aliphatic hydroxyl groups excluding tert-OH is 1. The molecule has 1 heterocycles. The Kier molecular flexibility index (Phi) is 7.68. The summed E-state index contributed by atoms with van der Waals surface area (Å²) in [4.78, 5) is 27.6. The molecule has 0 fully saturated rings. The highest BCUT2D eigenvalue weighted by Gasteiger charge is 2.26. The van der Waals surface area contributed by atoms with Crippen LogP contribution in [0.3, 0.4) is 0 Å². The maximum atomic E-state index is 13.4. The predicted molar refractivity (Wildman–Crippen MR) is 126 cm³/mol. The van der Waals surface area contributed by atoms with E-state index >= 15 is 0 Å².